The van der Waals surface area contributed by atoms with Gasteiger partial charge in [0.2, 0.25) is 0 Å². The third-order valence-electron chi connectivity index (χ3n) is 3.48. The molecule has 0 saturated heterocycles. The Morgan fingerprint density at radius 2 is 1.84 bits per heavy atom. The van der Waals surface area contributed by atoms with E-state index in [0.717, 1.165) is 5.56 Å². The quantitative estimate of drug-likeness (QED) is 0.441. The highest BCUT2D eigenvalue weighted by Gasteiger charge is 2.16. The minimum Gasteiger partial charge on any atom is -0.435 e. The molecule has 0 spiro atoms. The van der Waals surface area contributed by atoms with E-state index >= 15 is 0 Å². The highest BCUT2D eigenvalue weighted by molar-refractivity contribution is 6.42. The van der Waals surface area contributed by atoms with Crippen molar-refractivity contribution in [3.8, 4) is 0 Å². The second-order valence-electron chi connectivity index (χ2n) is 5.20. The van der Waals surface area contributed by atoms with Gasteiger partial charge in [-0.2, -0.15) is 0 Å². The second kappa shape index (κ2) is 8.85. The summed E-state index contributed by atoms with van der Waals surface area (Å²) >= 11 is 11.9. The lowest BCUT2D eigenvalue weighted by Gasteiger charge is -2.11. The zero-order valence-corrected chi connectivity index (χ0v) is 15.3. The molecule has 0 amide bonds. The van der Waals surface area contributed by atoms with Gasteiger partial charge in [-0.3, -0.25) is 4.79 Å². The van der Waals surface area contributed by atoms with Crippen molar-refractivity contribution in [1.29, 1.82) is 0 Å². The van der Waals surface area contributed by atoms with Gasteiger partial charge >= 0.3 is 5.97 Å². The summed E-state index contributed by atoms with van der Waals surface area (Å²) in [6.07, 6.45) is 0.127. The number of hydrogen-bond acceptors (Lipinski definition) is 5. The molecule has 0 atom stereocenters. The fourth-order valence-corrected chi connectivity index (χ4v) is 2.57. The van der Waals surface area contributed by atoms with E-state index in [2.05, 4.69) is 5.32 Å². The molecule has 0 aliphatic rings. The van der Waals surface area contributed by atoms with Gasteiger partial charge in [-0.1, -0.05) is 29.3 Å². The predicted octanol–water partition coefficient (Wildman–Crippen LogP) is 4.22. The maximum atomic E-state index is 12.7. The van der Waals surface area contributed by atoms with Crippen molar-refractivity contribution in [3.63, 3.8) is 0 Å². The molecule has 1 N–H and O–H groups in total. The van der Waals surface area contributed by atoms with Crippen molar-refractivity contribution in [2.24, 2.45) is 0 Å². The average molecular weight is 382 g/mol. The third kappa shape index (κ3) is 4.95. The van der Waals surface area contributed by atoms with Crippen LogP contribution in [0.4, 0.5) is 5.69 Å². The van der Waals surface area contributed by atoms with Crippen molar-refractivity contribution in [3.05, 3.63) is 63.1 Å². The maximum Gasteiger partial charge on any atom is 0.340 e. The summed E-state index contributed by atoms with van der Waals surface area (Å²) in [4.78, 5) is 24.6. The Morgan fingerprint density at radius 3 is 2.48 bits per heavy atom. The van der Waals surface area contributed by atoms with Crippen LogP contribution in [0, 0.1) is 0 Å². The molecule has 2 rings (SSSR count). The fraction of sp³-hybridized carbons (Fsp3) is 0.222. The number of methoxy groups -OCH3 is 1. The van der Waals surface area contributed by atoms with Gasteiger partial charge in [0.05, 0.1) is 15.6 Å². The molecule has 0 aliphatic heterocycles. The number of ether oxygens (including phenoxy) is 2. The first-order valence-electron chi connectivity index (χ1n) is 7.41. The number of esters is 1. The van der Waals surface area contributed by atoms with Crippen LogP contribution in [-0.4, -0.2) is 32.7 Å². The number of halogens is 2. The molecule has 25 heavy (non-hydrogen) atoms. The van der Waals surface area contributed by atoms with Crippen LogP contribution in [0.25, 0.3) is 0 Å². The van der Waals surface area contributed by atoms with Crippen molar-refractivity contribution in [2.45, 2.75) is 6.42 Å². The summed E-state index contributed by atoms with van der Waals surface area (Å²) in [5, 5.41) is 3.76. The van der Waals surface area contributed by atoms with Crippen molar-refractivity contribution < 1.29 is 19.1 Å². The molecule has 0 aliphatic carbocycles. The van der Waals surface area contributed by atoms with Crippen LogP contribution in [0.2, 0.25) is 10.0 Å². The Balaban J connectivity index is 2.27. The fourth-order valence-electron chi connectivity index (χ4n) is 2.25. The summed E-state index contributed by atoms with van der Waals surface area (Å²) in [6, 6.07) is 9.78. The molecule has 0 saturated carbocycles. The van der Waals surface area contributed by atoms with Crippen LogP contribution in [-0.2, 0) is 15.9 Å². The predicted molar refractivity (Wildman–Crippen MR) is 97.8 cm³/mol. The van der Waals surface area contributed by atoms with Gasteiger partial charge in [0.25, 0.3) is 0 Å². The molecule has 0 aromatic heterocycles. The third-order valence-corrected chi connectivity index (χ3v) is 4.22. The minimum absolute atomic E-state index is 0.127. The van der Waals surface area contributed by atoms with E-state index in [1.807, 2.05) is 0 Å². The summed E-state index contributed by atoms with van der Waals surface area (Å²) in [5.41, 5.74) is 2.01. The van der Waals surface area contributed by atoms with E-state index in [1.54, 1.807) is 37.4 Å². The molecule has 2 aromatic rings. The number of carbonyl (C=O) groups excluding carboxylic acids is 2. The average Bonchev–Trinajstić information content (AvgIpc) is 2.62. The van der Waals surface area contributed by atoms with Crippen LogP contribution < -0.4 is 5.32 Å². The topological polar surface area (TPSA) is 64.6 Å². The van der Waals surface area contributed by atoms with Gasteiger partial charge in [-0.05, 0) is 35.9 Å². The number of benzene rings is 2. The number of anilines is 1. The Kier molecular flexibility index (Phi) is 6.82. The van der Waals surface area contributed by atoms with Gasteiger partial charge in [0.1, 0.15) is 0 Å². The van der Waals surface area contributed by atoms with Crippen molar-refractivity contribution in [2.75, 3.05) is 26.3 Å². The highest BCUT2D eigenvalue weighted by atomic mass is 35.5. The van der Waals surface area contributed by atoms with E-state index in [1.165, 1.54) is 13.2 Å². The Labute approximate surface area is 155 Å². The highest BCUT2D eigenvalue weighted by Crippen LogP contribution is 2.25. The first kappa shape index (κ1) is 19.2. The van der Waals surface area contributed by atoms with E-state index < -0.39 is 5.97 Å². The van der Waals surface area contributed by atoms with Crippen LogP contribution in [0.5, 0.6) is 0 Å². The molecule has 7 heteroatoms. The van der Waals surface area contributed by atoms with E-state index in [0.29, 0.717) is 21.3 Å². The van der Waals surface area contributed by atoms with E-state index in [9.17, 15) is 9.59 Å². The Bertz CT molecular complexity index is 793. The van der Waals surface area contributed by atoms with Crippen LogP contribution in [0.1, 0.15) is 26.3 Å². The molecule has 132 valence electrons. The summed E-state index contributed by atoms with van der Waals surface area (Å²) in [5.74, 6) is -0.725. The SMILES string of the molecule is CNc1ccc(C(=O)OCOC)cc1C(=O)Cc1ccc(Cl)c(Cl)c1. The number of ketones is 1. The van der Waals surface area contributed by atoms with Gasteiger partial charge in [-0.15, -0.1) is 0 Å². The number of nitrogens with one attached hydrogen (secondary N) is 1. The molecule has 0 bridgehead atoms. The lowest BCUT2D eigenvalue weighted by molar-refractivity contribution is -0.0125. The summed E-state index contributed by atoms with van der Waals surface area (Å²) in [6.45, 7) is -0.154. The van der Waals surface area contributed by atoms with Crippen LogP contribution >= 0.6 is 23.2 Å². The molecule has 2 aromatic carbocycles. The molecule has 5 nitrogen and oxygen atoms in total. The van der Waals surface area contributed by atoms with Gasteiger partial charge in [0.15, 0.2) is 12.6 Å². The Hall–Kier alpha value is -2.08. The molecule has 0 radical (unpaired) electrons. The van der Waals surface area contributed by atoms with Crippen molar-refractivity contribution in [1.82, 2.24) is 0 Å². The van der Waals surface area contributed by atoms with E-state index in [4.69, 9.17) is 32.7 Å². The van der Waals surface area contributed by atoms with Crippen LogP contribution in [0.3, 0.4) is 0 Å². The standard InChI is InChI=1S/C18H17Cl2NO4/c1-21-16-6-4-12(18(23)25-10-24-2)9-13(16)17(22)8-11-3-5-14(19)15(20)7-11/h3-7,9,21H,8,10H2,1-2H3. The Morgan fingerprint density at radius 1 is 1.08 bits per heavy atom. The molecule has 0 fully saturated rings. The lowest BCUT2D eigenvalue weighted by atomic mass is 9.99. The van der Waals surface area contributed by atoms with Gasteiger partial charge in [-0.25, -0.2) is 4.79 Å². The molecule has 0 heterocycles. The maximum absolute atomic E-state index is 12.7. The normalized spacial score (nSPS) is 10.4. The zero-order valence-electron chi connectivity index (χ0n) is 13.8. The molecular formula is C18H17Cl2NO4. The molecule has 0 unspecified atom stereocenters. The number of hydrogen-bond donors (Lipinski definition) is 1. The smallest absolute Gasteiger partial charge is 0.340 e. The summed E-state index contributed by atoms with van der Waals surface area (Å²) < 4.78 is 9.62. The monoisotopic (exact) mass is 381 g/mol. The summed E-state index contributed by atoms with van der Waals surface area (Å²) in [7, 11) is 3.12. The second-order valence-corrected chi connectivity index (χ2v) is 6.01. The van der Waals surface area contributed by atoms with Crippen molar-refractivity contribution >= 4 is 40.6 Å². The lowest BCUT2D eigenvalue weighted by Crippen LogP contribution is -2.12. The first-order valence-corrected chi connectivity index (χ1v) is 8.17. The van der Waals surface area contributed by atoms with Gasteiger partial charge in [0, 0.05) is 31.8 Å². The number of Topliss-reactive ketones (excluding diaryl/α,β-unsaturated/α-hetero) is 1. The largest absolute Gasteiger partial charge is 0.435 e. The van der Waals surface area contributed by atoms with Crippen LogP contribution in [0.15, 0.2) is 36.4 Å². The van der Waals surface area contributed by atoms with E-state index in [-0.39, 0.29) is 24.6 Å². The minimum atomic E-state index is -0.562. The van der Waals surface area contributed by atoms with Gasteiger partial charge < -0.3 is 14.8 Å². The molecular weight excluding hydrogens is 365 g/mol. The number of rotatable bonds is 7. The first-order chi connectivity index (χ1) is 12.0. The zero-order chi connectivity index (χ0) is 18.4. The number of carbonyl (C=O) groups is 2.